The fourth-order valence-corrected chi connectivity index (χ4v) is 2.81. The number of nitrogens with one attached hydrogen (secondary N) is 1. The van der Waals surface area contributed by atoms with Crippen LogP contribution in [0.4, 0.5) is 10.5 Å². The Morgan fingerprint density at radius 3 is 3.10 bits per heavy atom. The van der Waals surface area contributed by atoms with Gasteiger partial charge in [0, 0.05) is 25.8 Å². The molecule has 5 nitrogen and oxygen atoms in total. The highest BCUT2D eigenvalue weighted by Gasteiger charge is 2.20. The Balaban J connectivity index is 1.81. The number of carbonyl (C=O) groups excluding carboxylic acids is 1. The minimum Gasteiger partial charge on any atom is -0.328 e. The lowest BCUT2D eigenvalue weighted by Crippen LogP contribution is -2.40. The van der Waals surface area contributed by atoms with Crippen LogP contribution in [0.15, 0.2) is 18.3 Å². The first-order valence-corrected chi connectivity index (χ1v) is 7.78. The molecule has 1 N–H and O–H groups in total. The average molecular weight is 311 g/mol. The number of hydrogen-bond donors (Lipinski definition) is 1. The van der Waals surface area contributed by atoms with Gasteiger partial charge in [-0.25, -0.2) is 9.78 Å². The van der Waals surface area contributed by atoms with Gasteiger partial charge in [-0.3, -0.25) is 0 Å². The molecule has 1 aliphatic heterocycles. The Morgan fingerprint density at radius 2 is 2.38 bits per heavy atom. The number of amides is 2. The van der Waals surface area contributed by atoms with Crippen LogP contribution in [0.25, 0.3) is 0 Å². The monoisotopic (exact) mass is 310 g/mol. The van der Waals surface area contributed by atoms with Crippen molar-refractivity contribution < 1.29 is 4.79 Å². The molecular weight excluding hydrogens is 288 g/mol. The Morgan fingerprint density at radius 1 is 1.57 bits per heavy atom. The predicted molar refractivity (Wildman–Crippen MR) is 85.8 cm³/mol. The van der Waals surface area contributed by atoms with Crippen molar-refractivity contribution in [3.8, 4) is 0 Å². The standard InChI is InChI=1S/C15H23ClN4O/c1-19-10-4-3-6-12(19)8-11-20(2)15(21)18-13-7-5-9-17-14(13)16/h5,7,9,12H,3-4,6,8,10-11H2,1-2H3,(H,18,21). The molecular formula is C15H23ClN4O. The number of nitrogens with zero attached hydrogens (tertiary/aromatic N) is 3. The first-order valence-electron chi connectivity index (χ1n) is 7.41. The van der Waals surface area contributed by atoms with Crippen molar-refractivity contribution in [2.24, 2.45) is 0 Å². The maximum Gasteiger partial charge on any atom is 0.321 e. The van der Waals surface area contributed by atoms with E-state index in [9.17, 15) is 4.79 Å². The predicted octanol–water partition coefficient (Wildman–Crippen LogP) is 3.07. The molecule has 0 aromatic carbocycles. The Hall–Kier alpha value is -1.33. The summed E-state index contributed by atoms with van der Waals surface area (Å²) in [6.45, 7) is 1.89. The number of hydrogen-bond acceptors (Lipinski definition) is 3. The van der Waals surface area contributed by atoms with Crippen LogP contribution in [0.1, 0.15) is 25.7 Å². The molecule has 0 spiro atoms. The summed E-state index contributed by atoms with van der Waals surface area (Å²) in [5, 5.41) is 3.10. The molecule has 1 atom stereocenters. The minimum absolute atomic E-state index is 0.150. The summed E-state index contributed by atoms with van der Waals surface area (Å²) in [4.78, 5) is 20.2. The molecule has 21 heavy (non-hydrogen) atoms. The van der Waals surface area contributed by atoms with Gasteiger partial charge in [0.15, 0.2) is 5.15 Å². The minimum atomic E-state index is -0.150. The highest BCUT2D eigenvalue weighted by molar-refractivity contribution is 6.32. The second kappa shape index (κ2) is 7.61. The lowest BCUT2D eigenvalue weighted by Gasteiger charge is -2.33. The molecule has 0 bridgehead atoms. The number of pyridine rings is 1. The zero-order chi connectivity index (χ0) is 15.2. The lowest BCUT2D eigenvalue weighted by molar-refractivity contribution is 0.162. The summed E-state index contributed by atoms with van der Waals surface area (Å²) in [7, 11) is 3.97. The summed E-state index contributed by atoms with van der Waals surface area (Å²) >= 11 is 5.94. The summed E-state index contributed by atoms with van der Waals surface area (Å²) in [5.41, 5.74) is 0.547. The number of urea groups is 1. The van der Waals surface area contributed by atoms with Gasteiger partial charge >= 0.3 is 6.03 Å². The molecule has 0 radical (unpaired) electrons. The van der Waals surface area contributed by atoms with Crippen LogP contribution in [-0.2, 0) is 0 Å². The molecule has 2 heterocycles. The number of piperidine rings is 1. The van der Waals surface area contributed by atoms with E-state index in [2.05, 4.69) is 22.2 Å². The molecule has 116 valence electrons. The van der Waals surface area contributed by atoms with Crippen molar-refractivity contribution >= 4 is 23.3 Å². The zero-order valence-corrected chi connectivity index (χ0v) is 13.4. The van der Waals surface area contributed by atoms with E-state index in [0.29, 0.717) is 16.9 Å². The maximum atomic E-state index is 12.1. The van der Waals surface area contributed by atoms with Gasteiger partial charge in [0.1, 0.15) is 0 Å². The Kier molecular flexibility index (Phi) is 5.82. The lowest BCUT2D eigenvalue weighted by atomic mass is 10.00. The van der Waals surface area contributed by atoms with Gasteiger partial charge in [-0.2, -0.15) is 0 Å². The molecule has 2 rings (SSSR count). The topological polar surface area (TPSA) is 48.5 Å². The molecule has 1 saturated heterocycles. The number of anilines is 1. The van der Waals surface area contributed by atoms with Gasteiger partial charge < -0.3 is 15.1 Å². The van der Waals surface area contributed by atoms with E-state index < -0.39 is 0 Å². The van der Waals surface area contributed by atoms with Crippen LogP contribution in [0.5, 0.6) is 0 Å². The van der Waals surface area contributed by atoms with Crippen LogP contribution in [-0.4, -0.2) is 54.0 Å². The largest absolute Gasteiger partial charge is 0.328 e. The highest BCUT2D eigenvalue weighted by atomic mass is 35.5. The van der Waals surface area contributed by atoms with Crippen molar-refractivity contribution in [1.82, 2.24) is 14.8 Å². The van der Waals surface area contributed by atoms with E-state index in [0.717, 1.165) is 19.5 Å². The van der Waals surface area contributed by atoms with Gasteiger partial charge in [0.05, 0.1) is 5.69 Å². The first kappa shape index (κ1) is 16.0. The molecule has 1 aliphatic rings. The molecule has 1 aromatic rings. The summed E-state index contributed by atoms with van der Waals surface area (Å²) in [6.07, 6.45) is 6.39. The van der Waals surface area contributed by atoms with E-state index >= 15 is 0 Å². The van der Waals surface area contributed by atoms with Crippen molar-refractivity contribution in [1.29, 1.82) is 0 Å². The normalized spacial score (nSPS) is 19.3. The molecule has 0 saturated carbocycles. The van der Waals surface area contributed by atoms with Crippen LogP contribution >= 0.6 is 11.6 Å². The van der Waals surface area contributed by atoms with E-state index in [4.69, 9.17) is 11.6 Å². The van der Waals surface area contributed by atoms with Gasteiger partial charge in [-0.1, -0.05) is 18.0 Å². The average Bonchev–Trinajstić information content (AvgIpc) is 2.48. The quantitative estimate of drug-likeness (QED) is 0.869. The number of aromatic nitrogens is 1. The van der Waals surface area contributed by atoms with Crippen molar-refractivity contribution in [3.05, 3.63) is 23.5 Å². The Bertz CT molecular complexity index is 482. The molecule has 6 heteroatoms. The van der Waals surface area contributed by atoms with Crippen LogP contribution < -0.4 is 5.32 Å². The third-order valence-corrected chi connectivity index (χ3v) is 4.37. The highest BCUT2D eigenvalue weighted by Crippen LogP contribution is 2.19. The number of halogens is 1. The summed E-state index contributed by atoms with van der Waals surface area (Å²) in [6, 6.07) is 3.92. The Labute approximate surface area is 131 Å². The van der Waals surface area contributed by atoms with Crippen LogP contribution in [0.2, 0.25) is 5.15 Å². The van der Waals surface area contributed by atoms with Crippen LogP contribution in [0.3, 0.4) is 0 Å². The fourth-order valence-electron chi connectivity index (χ4n) is 2.64. The van der Waals surface area contributed by atoms with E-state index in [1.54, 1.807) is 23.2 Å². The fraction of sp³-hybridized carbons (Fsp3) is 0.600. The second-order valence-electron chi connectivity index (χ2n) is 5.61. The van der Waals surface area contributed by atoms with E-state index in [1.165, 1.54) is 19.3 Å². The summed E-state index contributed by atoms with van der Waals surface area (Å²) < 4.78 is 0. The van der Waals surface area contributed by atoms with Gasteiger partial charge in [0.25, 0.3) is 0 Å². The van der Waals surface area contributed by atoms with Crippen molar-refractivity contribution in [2.45, 2.75) is 31.7 Å². The van der Waals surface area contributed by atoms with Gasteiger partial charge in [-0.15, -0.1) is 0 Å². The number of rotatable bonds is 4. The smallest absolute Gasteiger partial charge is 0.321 e. The second-order valence-corrected chi connectivity index (χ2v) is 5.97. The molecule has 0 aliphatic carbocycles. The zero-order valence-electron chi connectivity index (χ0n) is 12.7. The van der Waals surface area contributed by atoms with Gasteiger partial charge in [0.2, 0.25) is 0 Å². The molecule has 2 amide bonds. The molecule has 1 aromatic heterocycles. The summed E-state index contributed by atoms with van der Waals surface area (Å²) in [5.74, 6) is 0. The molecule has 1 unspecified atom stereocenters. The number of likely N-dealkylation sites (tertiary alicyclic amines) is 1. The van der Waals surface area contributed by atoms with Crippen LogP contribution in [0, 0.1) is 0 Å². The first-order chi connectivity index (χ1) is 10.1. The number of carbonyl (C=O) groups is 1. The van der Waals surface area contributed by atoms with E-state index in [-0.39, 0.29) is 6.03 Å². The third kappa shape index (κ3) is 4.58. The van der Waals surface area contributed by atoms with Crippen molar-refractivity contribution in [3.63, 3.8) is 0 Å². The van der Waals surface area contributed by atoms with Crippen molar-refractivity contribution in [2.75, 3.05) is 32.5 Å². The SMILES string of the molecule is CN(CCC1CCCCN1C)C(=O)Nc1cccnc1Cl. The third-order valence-electron chi connectivity index (χ3n) is 4.07. The van der Waals surface area contributed by atoms with E-state index in [1.807, 2.05) is 7.05 Å². The maximum absolute atomic E-state index is 12.1. The molecule has 1 fully saturated rings. The van der Waals surface area contributed by atoms with Gasteiger partial charge in [-0.05, 0) is 45.0 Å².